The van der Waals surface area contributed by atoms with Gasteiger partial charge in [0, 0.05) is 4.47 Å². The molecule has 3 heteroatoms. The van der Waals surface area contributed by atoms with Crippen LogP contribution in [-0.4, -0.2) is 13.2 Å². The molecule has 0 aliphatic rings. The highest BCUT2D eigenvalue weighted by molar-refractivity contribution is 9.10. The largest absolute Gasteiger partial charge is 0.491 e. The maximum absolute atomic E-state index is 10.0. The van der Waals surface area contributed by atoms with Crippen LogP contribution < -0.4 is 4.74 Å². The molecule has 0 saturated heterocycles. The summed E-state index contributed by atoms with van der Waals surface area (Å²) < 4.78 is 6.08. The Labute approximate surface area is 73.9 Å². The predicted octanol–water partition coefficient (Wildman–Crippen LogP) is 2.26. The third-order valence-electron chi connectivity index (χ3n) is 1.17. The maximum atomic E-state index is 10.0. The topological polar surface area (TPSA) is 29.1 Å². The van der Waals surface area contributed by atoms with Crippen LogP contribution in [0.25, 0.3) is 0 Å². The molecule has 0 N–H and O–H groups in total. The van der Waals surface area contributed by atoms with E-state index in [1.54, 1.807) is 0 Å². The molecule has 0 heterocycles. The first-order valence-electron chi connectivity index (χ1n) is 3.29. The second-order valence-corrected chi connectivity index (χ2v) is 2.92. The van der Waals surface area contributed by atoms with Gasteiger partial charge in [0.1, 0.15) is 19.0 Å². The first kappa shape index (κ1) is 8.56. The molecule has 0 aliphatic carbocycles. The fourth-order valence-electron chi connectivity index (χ4n) is 0.690. The zero-order chi connectivity index (χ0) is 8.10. The monoisotopic (exact) mass is 215 g/mol. The quantitative estimate of drug-likeness (QED) is 0.761. The van der Waals surface area contributed by atoms with Gasteiger partial charge in [-0.3, -0.25) is 0 Å². The van der Waals surface area contributed by atoms with E-state index >= 15 is 0 Å². The van der Waals surface area contributed by atoms with Gasteiger partial charge < -0.3 is 4.74 Å². The lowest BCUT2D eigenvalue weighted by atomic mass is 10.3. The van der Waals surface area contributed by atoms with Gasteiger partial charge in [-0.25, -0.2) is 5.11 Å². The molecule has 2 nitrogen and oxygen atoms in total. The number of benzene rings is 1. The lowest BCUT2D eigenvalue weighted by Crippen LogP contribution is -1.99. The summed E-state index contributed by atoms with van der Waals surface area (Å²) >= 11 is 3.30. The molecule has 0 unspecified atom stereocenters. The number of halogens is 1. The Kier molecular flexibility index (Phi) is 3.39. The van der Waals surface area contributed by atoms with Gasteiger partial charge in [-0.15, -0.1) is 0 Å². The van der Waals surface area contributed by atoms with Crippen LogP contribution in [0.3, 0.4) is 0 Å². The highest BCUT2D eigenvalue weighted by Gasteiger charge is 1.91. The zero-order valence-electron chi connectivity index (χ0n) is 5.92. The first-order valence-corrected chi connectivity index (χ1v) is 4.08. The van der Waals surface area contributed by atoms with Gasteiger partial charge in [-0.1, -0.05) is 15.9 Å². The summed E-state index contributed by atoms with van der Waals surface area (Å²) in [6.07, 6.45) is 0. The van der Waals surface area contributed by atoms with Gasteiger partial charge in [0.25, 0.3) is 0 Å². The average molecular weight is 216 g/mol. The third kappa shape index (κ3) is 2.91. The van der Waals surface area contributed by atoms with Crippen molar-refractivity contribution in [2.75, 3.05) is 13.2 Å². The number of hydrogen-bond acceptors (Lipinski definition) is 1. The SMILES string of the molecule is [O]CCOc1ccc(Br)cc1. The standard InChI is InChI=1S/C8H8BrO2/c9-7-1-3-8(4-2-7)11-6-5-10/h1-4H,5-6H2. The normalized spacial score (nSPS) is 9.64. The molecule has 0 aliphatic heterocycles. The Morgan fingerprint density at radius 3 is 2.45 bits per heavy atom. The minimum Gasteiger partial charge on any atom is -0.491 e. The van der Waals surface area contributed by atoms with Crippen molar-refractivity contribution in [2.45, 2.75) is 0 Å². The number of rotatable bonds is 3. The second-order valence-electron chi connectivity index (χ2n) is 2.01. The minimum atomic E-state index is -0.198. The molecular formula is C8H8BrO2. The molecule has 0 fully saturated rings. The molecule has 1 radical (unpaired) electrons. The Bertz CT molecular complexity index is 208. The molecule has 1 rings (SSSR count). The summed E-state index contributed by atoms with van der Waals surface area (Å²) in [7, 11) is 0. The molecule has 0 aromatic heterocycles. The summed E-state index contributed by atoms with van der Waals surface area (Å²) in [6.45, 7) is 0.0394. The van der Waals surface area contributed by atoms with E-state index in [9.17, 15) is 5.11 Å². The predicted molar refractivity (Wildman–Crippen MR) is 45.2 cm³/mol. The highest BCUT2D eigenvalue weighted by Crippen LogP contribution is 2.15. The third-order valence-corrected chi connectivity index (χ3v) is 1.69. The van der Waals surface area contributed by atoms with Gasteiger partial charge >= 0.3 is 0 Å². The Morgan fingerprint density at radius 1 is 1.27 bits per heavy atom. The maximum Gasteiger partial charge on any atom is 0.119 e. The molecular weight excluding hydrogens is 208 g/mol. The van der Waals surface area contributed by atoms with E-state index in [1.165, 1.54) is 0 Å². The smallest absolute Gasteiger partial charge is 0.119 e. The van der Waals surface area contributed by atoms with Crippen LogP contribution in [0, 0.1) is 0 Å². The van der Waals surface area contributed by atoms with Crippen molar-refractivity contribution in [3.05, 3.63) is 28.7 Å². The number of ether oxygens (including phenoxy) is 1. The van der Waals surface area contributed by atoms with Gasteiger partial charge in [-0.05, 0) is 24.3 Å². The van der Waals surface area contributed by atoms with Gasteiger partial charge in [0.15, 0.2) is 0 Å². The van der Waals surface area contributed by atoms with Crippen molar-refractivity contribution >= 4 is 15.9 Å². The summed E-state index contributed by atoms with van der Waals surface area (Å²) in [5.74, 6) is 0.740. The van der Waals surface area contributed by atoms with Crippen LogP contribution in [0.1, 0.15) is 0 Å². The van der Waals surface area contributed by atoms with Crippen molar-refractivity contribution in [3.8, 4) is 5.75 Å². The molecule has 0 bridgehead atoms. The van der Waals surface area contributed by atoms with Crippen LogP contribution in [0.5, 0.6) is 5.75 Å². The van der Waals surface area contributed by atoms with Gasteiger partial charge in [-0.2, -0.15) is 0 Å². The summed E-state index contributed by atoms with van der Waals surface area (Å²) in [6, 6.07) is 7.39. The molecule has 0 saturated carbocycles. The summed E-state index contributed by atoms with van der Waals surface area (Å²) in [4.78, 5) is 0. The number of hydrogen-bond donors (Lipinski definition) is 0. The molecule has 1 aromatic rings. The van der Waals surface area contributed by atoms with Crippen molar-refractivity contribution < 1.29 is 9.84 Å². The summed E-state index contributed by atoms with van der Waals surface area (Å²) in [5.41, 5.74) is 0. The van der Waals surface area contributed by atoms with Crippen molar-refractivity contribution in [3.63, 3.8) is 0 Å². The average Bonchev–Trinajstić information content (AvgIpc) is 2.04. The van der Waals surface area contributed by atoms with Crippen LogP contribution in [0.2, 0.25) is 0 Å². The van der Waals surface area contributed by atoms with Crippen LogP contribution in [0.15, 0.2) is 28.7 Å². The summed E-state index contributed by atoms with van der Waals surface area (Å²) in [5, 5.41) is 10.0. The van der Waals surface area contributed by atoms with Crippen molar-refractivity contribution in [2.24, 2.45) is 0 Å². The van der Waals surface area contributed by atoms with E-state index in [4.69, 9.17) is 4.74 Å². The molecule has 0 amide bonds. The van der Waals surface area contributed by atoms with E-state index in [1.807, 2.05) is 24.3 Å². The second kappa shape index (κ2) is 4.36. The minimum absolute atomic E-state index is 0.198. The molecule has 1 aromatic carbocycles. The van der Waals surface area contributed by atoms with Gasteiger partial charge in [0.05, 0.1) is 0 Å². The highest BCUT2D eigenvalue weighted by atomic mass is 79.9. The van der Waals surface area contributed by atoms with Crippen LogP contribution in [-0.2, 0) is 5.11 Å². The molecule has 0 spiro atoms. The van der Waals surface area contributed by atoms with E-state index in [2.05, 4.69) is 15.9 Å². The lowest BCUT2D eigenvalue weighted by Gasteiger charge is -2.01. The van der Waals surface area contributed by atoms with Crippen LogP contribution >= 0.6 is 15.9 Å². The molecule has 11 heavy (non-hydrogen) atoms. The van der Waals surface area contributed by atoms with Crippen molar-refractivity contribution in [1.82, 2.24) is 0 Å². The molecule has 0 atom stereocenters. The van der Waals surface area contributed by atoms with E-state index in [-0.39, 0.29) is 13.2 Å². The Morgan fingerprint density at radius 2 is 1.91 bits per heavy atom. The van der Waals surface area contributed by atoms with Gasteiger partial charge in [0.2, 0.25) is 0 Å². The molecule has 59 valence electrons. The zero-order valence-corrected chi connectivity index (χ0v) is 7.50. The fourth-order valence-corrected chi connectivity index (χ4v) is 0.955. The fraction of sp³-hybridized carbons (Fsp3) is 0.250. The van der Waals surface area contributed by atoms with E-state index in [0.29, 0.717) is 0 Å². The first-order chi connectivity index (χ1) is 5.33. The van der Waals surface area contributed by atoms with Crippen LogP contribution in [0.4, 0.5) is 0 Å². The van der Waals surface area contributed by atoms with E-state index in [0.717, 1.165) is 10.2 Å². The van der Waals surface area contributed by atoms with E-state index < -0.39 is 0 Å². The Hall–Kier alpha value is -0.540. The Balaban J connectivity index is 2.52. The lowest BCUT2D eigenvalue weighted by molar-refractivity contribution is 0.138. The van der Waals surface area contributed by atoms with Crippen molar-refractivity contribution in [1.29, 1.82) is 0 Å².